The van der Waals surface area contributed by atoms with E-state index in [2.05, 4.69) is 22.6 Å². The average molecular weight is 513 g/mol. The molecule has 26 heavy (non-hydrogen) atoms. The van der Waals surface area contributed by atoms with Crippen molar-refractivity contribution in [1.82, 2.24) is 9.80 Å². The Hall–Kier alpha value is -0.730. The standard InChI is InChI=1S/C18H23Cl2IN2O3/c1-18(2,3)26-17(25)23-8-6-22(7-9-23)16(24)5-4-12-10-13(19)14(20)11-15(12)21/h10-11H,4-9H2,1-3H3. The van der Waals surface area contributed by atoms with Crippen LogP contribution >= 0.6 is 45.8 Å². The van der Waals surface area contributed by atoms with Gasteiger partial charge in [-0.05, 0) is 67.5 Å². The van der Waals surface area contributed by atoms with E-state index in [0.717, 1.165) is 9.13 Å². The molecule has 1 aromatic carbocycles. The van der Waals surface area contributed by atoms with Crippen LogP contribution in [0.2, 0.25) is 10.0 Å². The molecule has 1 heterocycles. The fourth-order valence-corrected chi connectivity index (χ4v) is 3.89. The highest BCUT2D eigenvalue weighted by Gasteiger charge is 2.27. The van der Waals surface area contributed by atoms with Gasteiger partial charge in [-0.2, -0.15) is 0 Å². The van der Waals surface area contributed by atoms with E-state index >= 15 is 0 Å². The summed E-state index contributed by atoms with van der Waals surface area (Å²) in [6, 6.07) is 3.63. The summed E-state index contributed by atoms with van der Waals surface area (Å²) in [7, 11) is 0. The monoisotopic (exact) mass is 512 g/mol. The molecule has 5 nitrogen and oxygen atoms in total. The van der Waals surface area contributed by atoms with E-state index in [0.29, 0.717) is 49.1 Å². The van der Waals surface area contributed by atoms with E-state index in [1.54, 1.807) is 9.80 Å². The summed E-state index contributed by atoms with van der Waals surface area (Å²) in [4.78, 5) is 28.0. The number of carbonyl (C=O) groups excluding carboxylic acids is 2. The molecule has 1 fully saturated rings. The van der Waals surface area contributed by atoms with Gasteiger partial charge in [-0.1, -0.05) is 23.2 Å². The largest absolute Gasteiger partial charge is 0.444 e. The number of rotatable bonds is 3. The predicted molar refractivity (Wildman–Crippen MR) is 112 cm³/mol. The molecule has 0 atom stereocenters. The van der Waals surface area contributed by atoms with Crippen LogP contribution < -0.4 is 0 Å². The number of hydrogen-bond acceptors (Lipinski definition) is 3. The number of aryl methyl sites for hydroxylation is 1. The first kappa shape index (κ1) is 21.6. The molecule has 144 valence electrons. The van der Waals surface area contributed by atoms with Crippen LogP contribution in [0, 0.1) is 3.57 Å². The van der Waals surface area contributed by atoms with E-state index in [1.807, 2.05) is 32.9 Å². The Kier molecular flexibility index (Phi) is 7.44. The molecule has 2 amide bonds. The van der Waals surface area contributed by atoms with Gasteiger partial charge in [0, 0.05) is 36.2 Å². The van der Waals surface area contributed by atoms with Crippen molar-refractivity contribution in [3.8, 4) is 0 Å². The zero-order chi connectivity index (χ0) is 19.5. The molecule has 0 aromatic heterocycles. The molecule has 1 aromatic rings. The fourth-order valence-electron chi connectivity index (χ4n) is 2.62. The highest BCUT2D eigenvalue weighted by atomic mass is 127. The topological polar surface area (TPSA) is 49.9 Å². The van der Waals surface area contributed by atoms with Gasteiger partial charge in [0.25, 0.3) is 0 Å². The van der Waals surface area contributed by atoms with Gasteiger partial charge in [0.05, 0.1) is 10.0 Å². The lowest BCUT2D eigenvalue weighted by atomic mass is 10.1. The zero-order valence-electron chi connectivity index (χ0n) is 15.2. The Morgan fingerprint density at radius 3 is 2.19 bits per heavy atom. The number of nitrogens with zero attached hydrogens (tertiary/aromatic N) is 2. The van der Waals surface area contributed by atoms with Crippen molar-refractivity contribution in [2.24, 2.45) is 0 Å². The van der Waals surface area contributed by atoms with Crippen molar-refractivity contribution in [1.29, 1.82) is 0 Å². The van der Waals surface area contributed by atoms with Crippen LogP contribution in [0.3, 0.4) is 0 Å². The summed E-state index contributed by atoms with van der Waals surface area (Å²) in [6.07, 6.45) is 0.690. The van der Waals surface area contributed by atoms with Gasteiger partial charge in [-0.25, -0.2) is 4.79 Å². The summed E-state index contributed by atoms with van der Waals surface area (Å²) < 4.78 is 6.37. The van der Waals surface area contributed by atoms with Crippen molar-refractivity contribution in [2.75, 3.05) is 26.2 Å². The van der Waals surface area contributed by atoms with Gasteiger partial charge >= 0.3 is 6.09 Å². The summed E-state index contributed by atoms with van der Waals surface area (Å²) >= 11 is 14.3. The van der Waals surface area contributed by atoms with Crippen molar-refractivity contribution >= 4 is 57.8 Å². The number of amides is 2. The quantitative estimate of drug-likeness (QED) is 0.439. The highest BCUT2D eigenvalue weighted by Crippen LogP contribution is 2.27. The van der Waals surface area contributed by atoms with Crippen LogP contribution in [-0.2, 0) is 16.0 Å². The normalized spacial score (nSPS) is 15.2. The molecule has 1 aliphatic rings. The first-order chi connectivity index (χ1) is 12.1. The number of ether oxygens (including phenoxy) is 1. The summed E-state index contributed by atoms with van der Waals surface area (Å²) in [5, 5.41) is 1.02. The molecular weight excluding hydrogens is 490 g/mol. The van der Waals surface area contributed by atoms with Crippen LogP contribution in [-0.4, -0.2) is 53.6 Å². The van der Waals surface area contributed by atoms with Crippen LogP contribution in [0.1, 0.15) is 32.8 Å². The van der Waals surface area contributed by atoms with Gasteiger partial charge in [0.2, 0.25) is 5.91 Å². The second-order valence-electron chi connectivity index (χ2n) is 7.21. The maximum atomic E-state index is 12.5. The van der Waals surface area contributed by atoms with Gasteiger partial charge in [-0.15, -0.1) is 0 Å². The number of piperazine rings is 1. The molecule has 0 unspecified atom stereocenters. The molecule has 8 heteroatoms. The molecule has 0 bridgehead atoms. The zero-order valence-corrected chi connectivity index (χ0v) is 18.8. The van der Waals surface area contributed by atoms with E-state index in [1.165, 1.54) is 0 Å². The van der Waals surface area contributed by atoms with Crippen molar-refractivity contribution in [3.05, 3.63) is 31.3 Å². The molecule has 2 rings (SSSR count). The van der Waals surface area contributed by atoms with Gasteiger partial charge in [-0.3, -0.25) is 4.79 Å². The number of halogens is 3. The molecule has 0 saturated carbocycles. The minimum atomic E-state index is -0.513. The molecule has 0 radical (unpaired) electrons. The first-order valence-electron chi connectivity index (χ1n) is 8.46. The Morgan fingerprint density at radius 2 is 1.62 bits per heavy atom. The second kappa shape index (κ2) is 8.97. The van der Waals surface area contributed by atoms with E-state index in [4.69, 9.17) is 27.9 Å². The Bertz CT molecular complexity index is 684. The Balaban J connectivity index is 1.83. The fraction of sp³-hybridized carbons (Fsp3) is 0.556. The highest BCUT2D eigenvalue weighted by molar-refractivity contribution is 14.1. The third-order valence-electron chi connectivity index (χ3n) is 3.98. The smallest absolute Gasteiger partial charge is 0.410 e. The van der Waals surface area contributed by atoms with Crippen LogP contribution in [0.15, 0.2) is 12.1 Å². The van der Waals surface area contributed by atoms with E-state index < -0.39 is 5.60 Å². The third-order valence-corrected chi connectivity index (χ3v) is 5.71. The SMILES string of the molecule is CC(C)(C)OC(=O)N1CCN(C(=O)CCc2cc(Cl)c(Cl)cc2I)CC1. The molecule has 1 saturated heterocycles. The average Bonchev–Trinajstić information content (AvgIpc) is 2.55. The summed E-state index contributed by atoms with van der Waals surface area (Å²) in [6.45, 7) is 7.56. The molecule has 1 aliphatic heterocycles. The molecular formula is C18H23Cl2IN2O3. The van der Waals surface area contributed by atoms with Crippen molar-refractivity contribution < 1.29 is 14.3 Å². The predicted octanol–water partition coefficient (Wildman–Crippen LogP) is 4.61. The Morgan fingerprint density at radius 1 is 1.08 bits per heavy atom. The minimum Gasteiger partial charge on any atom is -0.444 e. The third kappa shape index (κ3) is 6.16. The van der Waals surface area contributed by atoms with Gasteiger partial charge < -0.3 is 14.5 Å². The molecule has 0 spiro atoms. The lowest BCUT2D eigenvalue weighted by Crippen LogP contribution is -2.51. The van der Waals surface area contributed by atoms with Crippen LogP contribution in [0.5, 0.6) is 0 Å². The van der Waals surface area contributed by atoms with E-state index in [-0.39, 0.29) is 12.0 Å². The maximum absolute atomic E-state index is 12.5. The van der Waals surface area contributed by atoms with Crippen LogP contribution in [0.4, 0.5) is 4.79 Å². The molecule has 0 aliphatic carbocycles. The lowest BCUT2D eigenvalue weighted by molar-refractivity contribution is -0.132. The van der Waals surface area contributed by atoms with Gasteiger partial charge in [0.1, 0.15) is 5.60 Å². The maximum Gasteiger partial charge on any atom is 0.410 e. The summed E-state index contributed by atoms with van der Waals surface area (Å²) in [5.74, 6) is 0.0794. The van der Waals surface area contributed by atoms with Crippen molar-refractivity contribution in [2.45, 2.75) is 39.2 Å². The second-order valence-corrected chi connectivity index (χ2v) is 9.18. The first-order valence-corrected chi connectivity index (χ1v) is 10.3. The summed E-state index contributed by atoms with van der Waals surface area (Å²) in [5.41, 5.74) is 0.502. The van der Waals surface area contributed by atoms with E-state index in [9.17, 15) is 9.59 Å². The Labute approximate surface area is 178 Å². The van der Waals surface area contributed by atoms with Gasteiger partial charge in [0.15, 0.2) is 0 Å². The van der Waals surface area contributed by atoms with Crippen LogP contribution in [0.25, 0.3) is 0 Å². The minimum absolute atomic E-state index is 0.0794. The number of hydrogen-bond donors (Lipinski definition) is 0. The lowest BCUT2D eigenvalue weighted by Gasteiger charge is -2.35. The number of carbonyl (C=O) groups is 2. The van der Waals surface area contributed by atoms with Crippen molar-refractivity contribution in [3.63, 3.8) is 0 Å². The molecule has 0 N–H and O–H groups in total. The number of benzene rings is 1.